The van der Waals surface area contributed by atoms with E-state index in [1.54, 1.807) is 36.7 Å². The highest BCUT2D eigenvalue weighted by Gasteiger charge is 2.31. The van der Waals surface area contributed by atoms with E-state index in [0.717, 1.165) is 24.4 Å². The molecule has 0 aliphatic carbocycles. The molecule has 1 atom stereocenters. The van der Waals surface area contributed by atoms with Crippen molar-refractivity contribution in [2.24, 2.45) is 5.73 Å². The van der Waals surface area contributed by atoms with Crippen molar-refractivity contribution in [3.05, 3.63) is 67.6 Å². The zero-order valence-electron chi connectivity index (χ0n) is 23.6. The summed E-state index contributed by atoms with van der Waals surface area (Å²) >= 11 is 6.64. The lowest BCUT2D eigenvalue weighted by atomic mass is 10.0. The van der Waals surface area contributed by atoms with Gasteiger partial charge in [0.25, 0.3) is 5.56 Å². The van der Waals surface area contributed by atoms with E-state index in [2.05, 4.69) is 5.32 Å². The summed E-state index contributed by atoms with van der Waals surface area (Å²) < 4.78 is 7.56. The van der Waals surface area contributed by atoms with Gasteiger partial charge in [-0.3, -0.25) is 14.2 Å². The van der Waals surface area contributed by atoms with Gasteiger partial charge in [-0.1, -0.05) is 11.6 Å². The van der Waals surface area contributed by atoms with E-state index in [9.17, 15) is 14.7 Å². The third-order valence-corrected chi connectivity index (χ3v) is 7.69. The summed E-state index contributed by atoms with van der Waals surface area (Å²) in [6.07, 6.45) is 1.01. The molecule has 2 aromatic heterocycles. The number of Topliss-reactive ketones (excluding diaryl/α,β-unsaturated/α-hetero) is 1. The summed E-state index contributed by atoms with van der Waals surface area (Å²) in [7, 11) is 1.75. The van der Waals surface area contributed by atoms with Crippen molar-refractivity contribution in [3.8, 4) is 17.1 Å². The number of nitrogens with two attached hydrogens (primary N) is 1. The number of rotatable bonds is 9. The van der Waals surface area contributed by atoms with E-state index in [-0.39, 0.29) is 23.8 Å². The molecule has 0 unspecified atom stereocenters. The quantitative estimate of drug-likeness (QED) is 0.323. The lowest BCUT2D eigenvalue weighted by Gasteiger charge is -2.22. The number of carbonyl (C=O) groups excluding carboxylic acids is 1. The van der Waals surface area contributed by atoms with Crippen molar-refractivity contribution in [2.75, 3.05) is 25.1 Å². The lowest BCUT2D eigenvalue weighted by Crippen LogP contribution is -2.29. The third kappa shape index (κ3) is 5.57. The lowest BCUT2D eigenvalue weighted by molar-refractivity contribution is -0.111. The number of allylic oxidation sites excluding steroid dienone is 2. The second-order valence-corrected chi connectivity index (χ2v) is 10.9. The number of ketones is 1. The number of benzene rings is 1. The van der Waals surface area contributed by atoms with E-state index in [0.29, 0.717) is 76.4 Å². The van der Waals surface area contributed by atoms with Crippen LogP contribution in [0.4, 0.5) is 5.82 Å². The van der Waals surface area contributed by atoms with Crippen LogP contribution in [-0.2, 0) is 30.8 Å². The van der Waals surface area contributed by atoms with Crippen molar-refractivity contribution >= 4 is 28.8 Å². The standard InChI is InChI=1S/C29H34ClN7O4/c1-15-26(25(16(2)31)17(3)38)34-27(20-10-19(7-8-22(20)30)41-14-18(39)11-32-4)35-28(15)36-12-21-23(13-36)33-24-6-5-9-37(24)29(21)40/h7-8,10,18,32,39H,5-6,9,11-14,31H2,1-4H3/t18-/m1/s1. The normalized spacial score (nSPS) is 15.4. The number of halogens is 1. The monoisotopic (exact) mass is 579 g/mol. The number of likely N-dealkylation sites (N-methyl/N-ethyl adjacent to an activating group) is 1. The van der Waals surface area contributed by atoms with Gasteiger partial charge in [0.05, 0.1) is 40.6 Å². The van der Waals surface area contributed by atoms with Crippen LogP contribution in [0.2, 0.25) is 5.02 Å². The van der Waals surface area contributed by atoms with Gasteiger partial charge in [0.1, 0.15) is 30.1 Å². The number of aliphatic hydroxyl groups excluding tert-OH is 1. The highest BCUT2D eigenvalue weighted by molar-refractivity contribution is 6.33. The molecule has 3 aromatic rings. The number of ether oxygens (including phenoxy) is 1. The first-order valence-electron chi connectivity index (χ1n) is 13.6. The molecule has 5 rings (SSSR count). The van der Waals surface area contributed by atoms with Crippen LogP contribution in [0.1, 0.15) is 48.6 Å². The minimum absolute atomic E-state index is 0.00682. The predicted octanol–water partition coefficient (Wildman–Crippen LogP) is 2.37. The molecule has 4 N–H and O–H groups in total. The Hall–Kier alpha value is -3.80. The highest BCUT2D eigenvalue weighted by Crippen LogP contribution is 2.36. The topological polar surface area (TPSA) is 148 Å². The largest absolute Gasteiger partial charge is 0.491 e. The molecule has 12 heteroatoms. The number of hydrogen-bond donors (Lipinski definition) is 3. The van der Waals surface area contributed by atoms with E-state index in [1.807, 2.05) is 11.8 Å². The molecule has 0 radical (unpaired) electrons. The Kier molecular flexibility index (Phi) is 8.12. The summed E-state index contributed by atoms with van der Waals surface area (Å²) in [5.74, 6) is 1.89. The molecule has 11 nitrogen and oxygen atoms in total. The number of nitrogens with one attached hydrogen (secondary N) is 1. The maximum Gasteiger partial charge on any atom is 0.258 e. The third-order valence-electron chi connectivity index (χ3n) is 7.36. The smallest absolute Gasteiger partial charge is 0.258 e. The summed E-state index contributed by atoms with van der Waals surface area (Å²) in [5, 5.41) is 13.4. The molecule has 1 aromatic carbocycles. The summed E-state index contributed by atoms with van der Waals surface area (Å²) in [6.45, 7) is 6.82. The molecule has 41 heavy (non-hydrogen) atoms. The molecular formula is C29H34ClN7O4. The summed E-state index contributed by atoms with van der Waals surface area (Å²) in [5.41, 5.74) is 9.73. The van der Waals surface area contributed by atoms with Gasteiger partial charge in [-0.05, 0) is 52.4 Å². The Morgan fingerprint density at radius 1 is 1.24 bits per heavy atom. The van der Waals surface area contributed by atoms with Crippen molar-refractivity contribution in [2.45, 2.75) is 59.4 Å². The molecule has 0 spiro atoms. The first-order valence-corrected chi connectivity index (χ1v) is 13.9. The zero-order chi connectivity index (χ0) is 29.4. The van der Waals surface area contributed by atoms with Crippen molar-refractivity contribution < 1.29 is 14.6 Å². The minimum atomic E-state index is -0.695. The van der Waals surface area contributed by atoms with Gasteiger partial charge < -0.3 is 25.8 Å². The number of nitrogens with zero attached hydrogens (tertiary/aromatic N) is 5. The van der Waals surface area contributed by atoms with Crippen LogP contribution in [0, 0.1) is 6.92 Å². The van der Waals surface area contributed by atoms with E-state index < -0.39 is 6.10 Å². The fourth-order valence-corrected chi connectivity index (χ4v) is 5.63. The maximum atomic E-state index is 13.2. The molecular weight excluding hydrogens is 546 g/mol. The fraction of sp³-hybridized carbons (Fsp3) is 0.414. The van der Waals surface area contributed by atoms with Gasteiger partial charge in [0, 0.05) is 36.3 Å². The number of fused-ring (bicyclic) bond motifs is 2. The first-order chi connectivity index (χ1) is 19.6. The van der Waals surface area contributed by atoms with Gasteiger partial charge in [-0.15, -0.1) is 0 Å². The number of aromatic nitrogens is 4. The van der Waals surface area contributed by atoms with Crippen LogP contribution in [-0.4, -0.2) is 56.7 Å². The molecule has 2 aliphatic heterocycles. The van der Waals surface area contributed by atoms with E-state index in [4.69, 9.17) is 37.0 Å². The van der Waals surface area contributed by atoms with Gasteiger partial charge in [-0.2, -0.15) is 0 Å². The van der Waals surface area contributed by atoms with E-state index in [1.165, 1.54) is 6.92 Å². The number of carbonyl (C=O) groups is 1. The van der Waals surface area contributed by atoms with Gasteiger partial charge >= 0.3 is 0 Å². The van der Waals surface area contributed by atoms with Crippen molar-refractivity contribution in [3.63, 3.8) is 0 Å². The van der Waals surface area contributed by atoms with Gasteiger partial charge in [-0.25, -0.2) is 15.0 Å². The predicted molar refractivity (Wildman–Crippen MR) is 157 cm³/mol. The Morgan fingerprint density at radius 2 is 2.02 bits per heavy atom. The second-order valence-electron chi connectivity index (χ2n) is 10.5. The summed E-state index contributed by atoms with van der Waals surface area (Å²) in [4.78, 5) is 42.4. The first kappa shape index (κ1) is 28.7. The Labute approximate surface area is 243 Å². The fourth-order valence-electron chi connectivity index (χ4n) is 5.43. The Bertz CT molecular complexity index is 1610. The molecule has 4 heterocycles. The van der Waals surface area contributed by atoms with Crippen LogP contribution in [0.5, 0.6) is 5.75 Å². The van der Waals surface area contributed by atoms with E-state index >= 15 is 0 Å². The number of anilines is 1. The van der Waals surface area contributed by atoms with Crippen LogP contribution in [0.15, 0.2) is 28.7 Å². The average Bonchev–Trinajstić information content (AvgIpc) is 3.57. The molecule has 0 amide bonds. The van der Waals surface area contributed by atoms with Crippen molar-refractivity contribution in [1.82, 2.24) is 24.8 Å². The SMILES string of the molecule is CNC[C@@H](O)COc1ccc(Cl)c(-c2nc(C(C(C)=O)=C(C)N)c(C)c(N3Cc4nc5n(c(=O)c4C3)CCC5)n2)c1. The zero-order valence-corrected chi connectivity index (χ0v) is 24.4. The average molecular weight is 580 g/mol. The number of hydrogen-bond acceptors (Lipinski definition) is 10. The minimum Gasteiger partial charge on any atom is -0.491 e. The van der Waals surface area contributed by atoms with Gasteiger partial charge in [0.2, 0.25) is 0 Å². The maximum absolute atomic E-state index is 13.2. The highest BCUT2D eigenvalue weighted by atomic mass is 35.5. The Balaban J connectivity index is 1.61. The second kappa shape index (κ2) is 11.6. The summed E-state index contributed by atoms with van der Waals surface area (Å²) in [6, 6.07) is 5.08. The van der Waals surface area contributed by atoms with Crippen LogP contribution < -0.4 is 26.2 Å². The van der Waals surface area contributed by atoms with Gasteiger partial charge in [0.15, 0.2) is 11.6 Å². The Morgan fingerprint density at radius 3 is 2.73 bits per heavy atom. The number of aliphatic hydroxyl groups is 1. The number of aryl methyl sites for hydroxylation is 1. The van der Waals surface area contributed by atoms with Crippen LogP contribution in [0.25, 0.3) is 17.0 Å². The molecule has 0 saturated carbocycles. The van der Waals surface area contributed by atoms with Crippen LogP contribution >= 0.6 is 11.6 Å². The molecule has 0 fully saturated rings. The van der Waals surface area contributed by atoms with Crippen LogP contribution in [0.3, 0.4) is 0 Å². The molecule has 0 bridgehead atoms. The molecule has 216 valence electrons. The van der Waals surface area contributed by atoms with Crippen molar-refractivity contribution in [1.29, 1.82) is 0 Å². The molecule has 2 aliphatic rings. The molecule has 0 saturated heterocycles.